The Hall–Kier alpha value is -1.63. The van der Waals surface area contributed by atoms with E-state index in [-0.39, 0.29) is 17.9 Å². The van der Waals surface area contributed by atoms with Crippen molar-refractivity contribution in [2.24, 2.45) is 0 Å². The first-order valence-electron chi connectivity index (χ1n) is 4.61. The summed E-state index contributed by atoms with van der Waals surface area (Å²) in [4.78, 5) is 20.9. The molecule has 0 saturated heterocycles. The minimum atomic E-state index is -0.997. The molecule has 0 aliphatic carbocycles. The number of hydrogen-bond donors (Lipinski definition) is 1. The van der Waals surface area contributed by atoms with Gasteiger partial charge in [-0.25, -0.2) is 0 Å². The summed E-state index contributed by atoms with van der Waals surface area (Å²) < 4.78 is 4.88. The van der Waals surface area contributed by atoms with Crippen LogP contribution in [0.25, 0.3) is 0 Å². The summed E-state index contributed by atoms with van der Waals surface area (Å²) in [5, 5.41) is 19.9. The molecule has 1 N–H and O–H groups in total. The zero-order valence-electron chi connectivity index (χ0n) is 8.97. The molecule has 0 fully saturated rings. The van der Waals surface area contributed by atoms with Crippen LogP contribution in [-0.2, 0) is 16.5 Å². The number of aliphatic carboxylic acids is 1. The fourth-order valence-corrected chi connectivity index (χ4v) is 1.93. The lowest BCUT2D eigenvalue weighted by atomic mass is 10.0. The van der Waals surface area contributed by atoms with Gasteiger partial charge in [0.05, 0.1) is 18.5 Å². The Labute approximate surface area is 105 Å². The second-order valence-corrected chi connectivity index (χ2v) is 3.81. The maximum absolute atomic E-state index is 10.8. The summed E-state index contributed by atoms with van der Waals surface area (Å²) >= 11 is 3.17. The molecule has 0 aliphatic rings. The number of rotatable bonds is 5. The summed E-state index contributed by atoms with van der Waals surface area (Å²) in [5.74, 6) is -0.931. The van der Waals surface area contributed by atoms with Gasteiger partial charge < -0.3 is 9.84 Å². The first kappa shape index (κ1) is 13.4. The van der Waals surface area contributed by atoms with E-state index in [0.29, 0.717) is 16.5 Å². The normalized spacial score (nSPS) is 10.0. The highest BCUT2D eigenvalue weighted by atomic mass is 79.9. The highest BCUT2D eigenvalue weighted by molar-refractivity contribution is 9.08. The molecule has 0 atom stereocenters. The standard InChI is InChI=1S/C10H10BrNO5/c1-17-9-3-6(4-10(13)14)7(5-11)2-8(9)12(15)16/h2-3H,4-5H2,1H3,(H,13,14). The van der Waals surface area contributed by atoms with E-state index in [1.165, 1.54) is 19.2 Å². The van der Waals surface area contributed by atoms with Crippen molar-refractivity contribution in [3.63, 3.8) is 0 Å². The Kier molecular flexibility index (Phi) is 4.45. The summed E-state index contributed by atoms with van der Waals surface area (Å²) in [6.45, 7) is 0. The third-order valence-corrected chi connectivity index (χ3v) is 2.79. The molecule has 0 bridgehead atoms. The monoisotopic (exact) mass is 303 g/mol. The van der Waals surface area contributed by atoms with E-state index < -0.39 is 10.9 Å². The van der Waals surface area contributed by atoms with Crippen molar-refractivity contribution >= 4 is 27.6 Å². The van der Waals surface area contributed by atoms with Gasteiger partial charge in [0, 0.05) is 11.4 Å². The molecule has 0 aromatic heterocycles. The third kappa shape index (κ3) is 3.16. The zero-order valence-corrected chi connectivity index (χ0v) is 10.6. The summed E-state index contributed by atoms with van der Waals surface area (Å²) in [7, 11) is 1.31. The number of benzene rings is 1. The number of nitrogens with zero attached hydrogens (tertiary/aromatic N) is 1. The van der Waals surface area contributed by atoms with Crippen molar-refractivity contribution < 1.29 is 19.6 Å². The average molecular weight is 304 g/mol. The first-order chi connectivity index (χ1) is 7.99. The van der Waals surface area contributed by atoms with Crippen LogP contribution in [-0.4, -0.2) is 23.1 Å². The number of hydrogen-bond acceptors (Lipinski definition) is 4. The van der Waals surface area contributed by atoms with Crippen LogP contribution in [0.4, 0.5) is 5.69 Å². The summed E-state index contributed by atoms with van der Waals surface area (Å²) in [6.07, 6.45) is -0.199. The quantitative estimate of drug-likeness (QED) is 0.511. The van der Waals surface area contributed by atoms with Gasteiger partial charge in [-0.2, -0.15) is 0 Å². The molecular formula is C10H10BrNO5. The Balaban J connectivity index is 3.32. The molecule has 1 aromatic carbocycles. The molecule has 0 saturated carbocycles. The van der Waals surface area contributed by atoms with Gasteiger partial charge >= 0.3 is 11.7 Å². The summed E-state index contributed by atoms with van der Waals surface area (Å²) in [5.41, 5.74) is 0.896. The van der Waals surface area contributed by atoms with Crippen molar-refractivity contribution in [1.82, 2.24) is 0 Å². The van der Waals surface area contributed by atoms with Crippen LogP contribution in [0, 0.1) is 10.1 Å². The van der Waals surface area contributed by atoms with Gasteiger partial charge in [0.15, 0.2) is 5.75 Å². The van der Waals surface area contributed by atoms with E-state index in [0.717, 1.165) is 0 Å². The zero-order chi connectivity index (χ0) is 13.0. The molecule has 6 nitrogen and oxygen atoms in total. The lowest BCUT2D eigenvalue weighted by molar-refractivity contribution is -0.385. The van der Waals surface area contributed by atoms with Crippen LogP contribution >= 0.6 is 15.9 Å². The number of carboxylic acids is 1. The highest BCUT2D eigenvalue weighted by Gasteiger charge is 2.19. The molecule has 0 amide bonds. The SMILES string of the molecule is COc1cc(CC(=O)O)c(CBr)cc1[N+](=O)[O-]. The number of methoxy groups -OCH3 is 1. The van der Waals surface area contributed by atoms with E-state index in [2.05, 4.69) is 15.9 Å². The van der Waals surface area contributed by atoms with E-state index in [9.17, 15) is 14.9 Å². The van der Waals surface area contributed by atoms with Gasteiger partial charge in [-0.1, -0.05) is 15.9 Å². The minimum absolute atomic E-state index is 0.0657. The molecule has 1 aromatic rings. The van der Waals surface area contributed by atoms with Gasteiger partial charge in [-0.05, 0) is 17.2 Å². The van der Waals surface area contributed by atoms with Crippen LogP contribution in [0.3, 0.4) is 0 Å². The third-order valence-electron chi connectivity index (χ3n) is 2.18. The lowest BCUT2D eigenvalue weighted by Gasteiger charge is -2.08. The topological polar surface area (TPSA) is 89.7 Å². The van der Waals surface area contributed by atoms with Crippen LogP contribution in [0.5, 0.6) is 5.75 Å². The number of carbonyl (C=O) groups is 1. The van der Waals surface area contributed by atoms with Crippen molar-refractivity contribution in [3.8, 4) is 5.75 Å². The van der Waals surface area contributed by atoms with E-state index in [1.54, 1.807) is 0 Å². The Morgan fingerprint density at radius 2 is 2.18 bits per heavy atom. The smallest absolute Gasteiger partial charge is 0.311 e. The summed E-state index contributed by atoms with van der Waals surface area (Å²) in [6, 6.07) is 2.72. The van der Waals surface area contributed by atoms with Gasteiger partial charge in [-0.15, -0.1) is 0 Å². The first-order valence-corrected chi connectivity index (χ1v) is 5.73. The van der Waals surface area contributed by atoms with Crippen molar-refractivity contribution in [1.29, 1.82) is 0 Å². The Bertz CT molecular complexity index is 460. The molecule has 0 heterocycles. The van der Waals surface area contributed by atoms with Gasteiger partial charge in [0.1, 0.15) is 0 Å². The maximum Gasteiger partial charge on any atom is 0.311 e. The molecule has 17 heavy (non-hydrogen) atoms. The molecule has 0 spiro atoms. The second-order valence-electron chi connectivity index (χ2n) is 3.25. The van der Waals surface area contributed by atoms with Crippen LogP contribution in [0.2, 0.25) is 0 Å². The van der Waals surface area contributed by atoms with Crippen molar-refractivity contribution in [2.45, 2.75) is 11.8 Å². The van der Waals surface area contributed by atoms with Crippen LogP contribution in [0.1, 0.15) is 11.1 Å². The molecule has 1 rings (SSSR count). The largest absolute Gasteiger partial charge is 0.490 e. The van der Waals surface area contributed by atoms with Gasteiger partial charge in [0.25, 0.3) is 0 Å². The highest BCUT2D eigenvalue weighted by Crippen LogP contribution is 2.31. The Morgan fingerprint density at radius 3 is 2.59 bits per heavy atom. The van der Waals surface area contributed by atoms with Crippen LogP contribution < -0.4 is 4.74 Å². The number of nitro groups is 1. The predicted octanol–water partition coefficient (Wildman–Crippen LogP) is 2.13. The fourth-order valence-electron chi connectivity index (χ4n) is 1.41. The van der Waals surface area contributed by atoms with Crippen molar-refractivity contribution in [2.75, 3.05) is 7.11 Å². The Morgan fingerprint density at radius 1 is 1.53 bits per heavy atom. The number of halogens is 1. The van der Waals surface area contributed by atoms with Crippen molar-refractivity contribution in [3.05, 3.63) is 33.4 Å². The number of carboxylic acid groups (broad SMARTS) is 1. The number of ether oxygens (including phenoxy) is 1. The van der Waals surface area contributed by atoms with Crippen LogP contribution in [0.15, 0.2) is 12.1 Å². The molecule has 92 valence electrons. The molecule has 0 unspecified atom stereocenters. The van der Waals surface area contributed by atoms with E-state index >= 15 is 0 Å². The number of nitro benzene ring substituents is 1. The minimum Gasteiger partial charge on any atom is -0.490 e. The number of alkyl halides is 1. The molecular weight excluding hydrogens is 294 g/mol. The molecule has 7 heteroatoms. The van der Waals surface area contributed by atoms with E-state index in [4.69, 9.17) is 9.84 Å². The van der Waals surface area contributed by atoms with Gasteiger partial charge in [0.2, 0.25) is 0 Å². The molecule has 0 aliphatic heterocycles. The lowest BCUT2D eigenvalue weighted by Crippen LogP contribution is -2.05. The molecule has 0 radical (unpaired) electrons. The van der Waals surface area contributed by atoms with E-state index in [1.807, 2.05) is 0 Å². The maximum atomic E-state index is 10.8. The second kappa shape index (κ2) is 5.62. The average Bonchev–Trinajstić information content (AvgIpc) is 2.27. The fraction of sp³-hybridized carbons (Fsp3) is 0.300. The predicted molar refractivity (Wildman–Crippen MR) is 63.6 cm³/mol. The van der Waals surface area contributed by atoms with Gasteiger partial charge in [-0.3, -0.25) is 14.9 Å².